The number of likely N-dealkylation sites (N-methyl/N-ethyl adjacent to an activating group) is 1. The van der Waals surface area contributed by atoms with Crippen LogP contribution in [0.15, 0.2) is 30.3 Å². The summed E-state index contributed by atoms with van der Waals surface area (Å²) in [6, 6.07) is 9.65. The first-order valence-corrected chi connectivity index (χ1v) is 9.98. The lowest BCUT2D eigenvalue weighted by molar-refractivity contribution is -0.123. The lowest BCUT2D eigenvalue weighted by atomic mass is 9.92. The van der Waals surface area contributed by atoms with Crippen molar-refractivity contribution in [3.63, 3.8) is 0 Å². The molecule has 1 aromatic carbocycles. The van der Waals surface area contributed by atoms with Gasteiger partial charge in [-0.25, -0.2) is 8.42 Å². The van der Waals surface area contributed by atoms with E-state index in [2.05, 4.69) is 4.90 Å². The standard InChI is InChI=1S/C17H23N3O3S/c1-18-11-16(21)20(14-5-3-2-4-6-14)13-17(18)9-10-19(12-17)24(22,23)15-7-8-15/h2-6,15H,7-13H2,1H3/t17-/m1/s1. The van der Waals surface area contributed by atoms with Gasteiger partial charge in [-0.2, -0.15) is 4.31 Å². The van der Waals surface area contributed by atoms with Gasteiger partial charge < -0.3 is 4.90 Å². The molecule has 3 aliphatic rings. The summed E-state index contributed by atoms with van der Waals surface area (Å²) < 4.78 is 26.8. The van der Waals surface area contributed by atoms with Crippen molar-refractivity contribution in [3.8, 4) is 0 Å². The Hall–Kier alpha value is -1.44. The van der Waals surface area contributed by atoms with Crippen LogP contribution in [0.4, 0.5) is 5.69 Å². The van der Waals surface area contributed by atoms with Gasteiger partial charge in [0.15, 0.2) is 0 Å². The Morgan fingerprint density at radius 2 is 1.83 bits per heavy atom. The number of nitrogens with zero attached hydrogens (tertiary/aromatic N) is 3. The largest absolute Gasteiger partial charge is 0.309 e. The highest BCUT2D eigenvalue weighted by Crippen LogP contribution is 2.38. The van der Waals surface area contributed by atoms with Gasteiger partial charge in [-0.15, -0.1) is 0 Å². The SMILES string of the molecule is CN1CC(=O)N(c2ccccc2)C[C@]12CCN(S(=O)(=O)C1CC1)C2. The van der Waals surface area contributed by atoms with Crippen LogP contribution >= 0.6 is 0 Å². The molecule has 1 aromatic rings. The lowest BCUT2D eigenvalue weighted by Crippen LogP contribution is -2.64. The highest BCUT2D eigenvalue weighted by molar-refractivity contribution is 7.90. The maximum absolute atomic E-state index is 12.6. The molecule has 0 bridgehead atoms. The molecule has 0 radical (unpaired) electrons. The van der Waals surface area contributed by atoms with Crippen molar-refractivity contribution in [3.05, 3.63) is 30.3 Å². The topological polar surface area (TPSA) is 60.9 Å². The first kappa shape index (κ1) is 16.1. The molecule has 3 fully saturated rings. The van der Waals surface area contributed by atoms with Crippen LogP contribution in [0.3, 0.4) is 0 Å². The van der Waals surface area contributed by atoms with Crippen LogP contribution in [-0.4, -0.2) is 67.5 Å². The molecule has 2 saturated heterocycles. The van der Waals surface area contributed by atoms with Gasteiger partial charge in [0.1, 0.15) is 0 Å². The molecular weight excluding hydrogens is 326 g/mol. The van der Waals surface area contributed by atoms with Crippen molar-refractivity contribution < 1.29 is 13.2 Å². The Morgan fingerprint density at radius 1 is 1.12 bits per heavy atom. The molecule has 24 heavy (non-hydrogen) atoms. The van der Waals surface area contributed by atoms with Crippen LogP contribution in [-0.2, 0) is 14.8 Å². The number of hydrogen-bond acceptors (Lipinski definition) is 4. The normalized spacial score (nSPS) is 29.5. The molecule has 130 valence electrons. The van der Waals surface area contributed by atoms with E-state index in [9.17, 15) is 13.2 Å². The number of amides is 1. The van der Waals surface area contributed by atoms with Crippen molar-refractivity contribution in [2.24, 2.45) is 0 Å². The summed E-state index contributed by atoms with van der Waals surface area (Å²) in [6.45, 7) is 1.91. The van der Waals surface area contributed by atoms with E-state index in [4.69, 9.17) is 0 Å². The molecule has 4 rings (SSSR count). The summed E-state index contributed by atoms with van der Waals surface area (Å²) in [5.41, 5.74) is 0.601. The third kappa shape index (κ3) is 2.55. The lowest BCUT2D eigenvalue weighted by Gasteiger charge is -2.46. The molecule has 0 N–H and O–H groups in total. The number of para-hydroxylation sites is 1. The number of benzene rings is 1. The average Bonchev–Trinajstić information content (AvgIpc) is 3.34. The molecule has 1 atom stereocenters. The average molecular weight is 349 g/mol. The number of rotatable bonds is 3. The maximum atomic E-state index is 12.6. The Balaban J connectivity index is 1.59. The van der Waals surface area contributed by atoms with E-state index in [1.807, 2.05) is 42.3 Å². The monoisotopic (exact) mass is 349 g/mol. The maximum Gasteiger partial charge on any atom is 0.241 e. The predicted molar refractivity (Wildman–Crippen MR) is 92.3 cm³/mol. The van der Waals surface area contributed by atoms with Crippen LogP contribution in [0.5, 0.6) is 0 Å². The van der Waals surface area contributed by atoms with E-state index in [1.54, 1.807) is 4.31 Å². The summed E-state index contributed by atoms with van der Waals surface area (Å²) in [5.74, 6) is 0.0674. The van der Waals surface area contributed by atoms with Crippen LogP contribution in [0.1, 0.15) is 19.3 Å². The van der Waals surface area contributed by atoms with E-state index in [1.165, 1.54) is 0 Å². The van der Waals surface area contributed by atoms with E-state index in [0.717, 1.165) is 24.9 Å². The molecule has 2 heterocycles. The fourth-order valence-corrected chi connectivity index (χ4v) is 5.78. The summed E-state index contributed by atoms with van der Waals surface area (Å²) >= 11 is 0. The summed E-state index contributed by atoms with van der Waals surface area (Å²) in [4.78, 5) is 16.4. The summed E-state index contributed by atoms with van der Waals surface area (Å²) in [5, 5.41) is -0.173. The van der Waals surface area contributed by atoms with Crippen molar-refractivity contribution in [1.82, 2.24) is 9.21 Å². The number of hydrogen-bond donors (Lipinski definition) is 0. The zero-order valence-electron chi connectivity index (χ0n) is 13.9. The minimum absolute atomic E-state index is 0.0674. The van der Waals surface area contributed by atoms with Crippen LogP contribution in [0.2, 0.25) is 0 Å². The van der Waals surface area contributed by atoms with Gasteiger partial charge in [-0.1, -0.05) is 18.2 Å². The third-order valence-corrected chi connectivity index (χ3v) is 7.95. The van der Waals surface area contributed by atoms with Gasteiger partial charge in [0, 0.05) is 25.3 Å². The van der Waals surface area contributed by atoms with Gasteiger partial charge in [-0.3, -0.25) is 9.69 Å². The van der Waals surface area contributed by atoms with Crippen molar-refractivity contribution in [2.75, 3.05) is 38.1 Å². The number of sulfonamides is 1. The van der Waals surface area contributed by atoms with Gasteiger partial charge in [0.05, 0.1) is 17.3 Å². The van der Waals surface area contributed by atoms with E-state index in [-0.39, 0.29) is 16.7 Å². The predicted octanol–water partition coefficient (Wildman–Crippen LogP) is 0.902. The van der Waals surface area contributed by atoms with Crippen molar-refractivity contribution in [1.29, 1.82) is 0 Å². The molecule has 6 nitrogen and oxygen atoms in total. The van der Waals surface area contributed by atoms with Crippen LogP contribution < -0.4 is 4.90 Å². The Kier molecular flexibility index (Phi) is 3.71. The number of piperazine rings is 1. The molecule has 1 saturated carbocycles. The van der Waals surface area contributed by atoms with Gasteiger partial charge in [-0.05, 0) is 38.4 Å². The van der Waals surface area contributed by atoms with Crippen LogP contribution in [0.25, 0.3) is 0 Å². The van der Waals surface area contributed by atoms with E-state index >= 15 is 0 Å². The minimum Gasteiger partial charge on any atom is -0.309 e. The summed E-state index contributed by atoms with van der Waals surface area (Å²) in [6.07, 6.45) is 2.35. The second-order valence-electron chi connectivity index (χ2n) is 7.22. The highest BCUT2D eigenvalue weighted by Gasteiger charge is 2.52. The zero-order chi connectivity index (χ0) is 16.9. The minimum atomic E-state index is -3.16. The fraction of sp³-hybridized carbons (Fsp3) is 0.588. The number of carbonyl (C=O) groups excluding carboxylic acids is 1. The third-order valence-electron chi connectivity index (χ3n) is 5.61. The Labute approximate surface area is 143 Å². The van der Waals surface area contributed by atoms with Crippen LogP contribution in [0, 0.1) is 0 Å². The first-order chi connectivity index (χ1) is 11.4. The number of carbonyl (C=O) groups is 1. The fourth-order valence-electron chi connectivity index (χ4n) is 3.86. The quantitative estimate of drug-likeness (QED) is 0.814. The molecule has 0 aromatic heterocycles. The van der Waals surface area contributed by atoms with E-state index in [0.29, 0.717) is 26.2 Å². The molecule has 7 heteroatoms. The molecule has 2 aliphatic heterocycles. The number of anilines is 1. The first-order valence-electron chi connectivity index (χ1n) is 8.48. The molecule has 0 unspecified atom stereocenters. The second-order valence-corrected chi connectivity index (χ2v) is 9.44. The Morgan fingerprint density at radius 3 is 2.50 bits per heavy atom. The van der Waals surface area contributed by atoms with Gasteiger partial charge >= 0.3 is 0 Å². The Bertz CT molecular complexity index is 748. The smallest absolute Gasteiger partial charge is 0.241 e. The van der Waals surface area contributed by atoms with Gasteiger partial charge in [0.25, 0.3) is 0 Å². The van der Waals surface area contributed by atoms with Crippen molar-refractivity contribution >= 4 is 21.6 Å². The molecular formula is C17H23N3O3S. The highest BCUT2D eigenvalue weighted by atomic mass is 32.2. The van der Waals surface area contributed by atoms with Crippen molar-refractivity contribution in [2.45, 2.75) is 30.1 Å². The van der Waals surface area contributed by atoms with E-state index < -0.39 is 10.0 Å². The second kappa shape index (κ2) is 5.54. The zero-order valence-corrected chi connectivity index (χ0v) is 14.7. The van der Waals surface area contributed by atoms with Gasteiger partial charge in [0.2, 0.25) is 15.9 Å². The summed E-state index contributed by atoms with van der Waals surface area (Å²) in [7, 11) is -1.22. The molecule has 1 spiro atoms. The molecule has 1 amide bonds. The molecule has 1 aliphatic carbocycles.